The number of hydrogen-bond donors (Lipinski definition) is 2. The summed E-state index contributed by atoms with van der Waals surface area (Å²) in [5, 5.41) is 13.0. The monoisotopic (exact) mass is 283 g/mol. The van der Waals surface area contributed by atoms with Gasteiger partial charge in [-0.2, -0.15) is 0 Å². The van der Waals surface area contributed by atoms with Crippen molar-refractivity contribution in [2.75, 3.05) is 20.3 Å². The summed E-state index contributed by atoms with van der Waals surface area (Å²) in [5.74, 6) is -0.0645. The van der Waals surface area contributed by atoms with Crippen LogP contribution in [0.4, 0.5) is 4.79 Å². The Labute approximate surface area is 120 Å². The second-order valence-corrected chi connectivity index (χ2v) is 5.12. The van der Waals surface area contributed by atoms with Crippen LogP contribution in [0.25, 0.3) is 0 Å². The molecule has 0 saturated heterocycles. The van der Waals surface area contributed by atoms with Gasteiger partial charge in [-0.05, 0) is 19.8 Å². The predicted octanol–water partition coefficient (Wildman–Crippen LogP) is 2.02. The lowest BCUT2D eigenvalue weighted by molar-refractivity contribution is -0.00188. The molecule has 1 rings (SSSR count). The average molecular weight is 283 g/mol. The Hall–Kier alpha value is -1.33. The average Bonchev–Trinajstić information content (AvgIpc) is 2.43. The molecule has 3 atom stereocenters. The van der Waals surface area contributed by atoms with Crippen LogP contribution < -0.4 is 5.32 Å². The van der Waals surface area contributed by atoms with E-state index < -0.39 is 12.2 Å². The van der Waals surface area contributed by atoms with Crippen molar-refractivity contribution in [2.24, 2.45) is 5.92 Å². The first-order valence-corrected chi connectivity index (χ1v) is 7.00. The first kappa shape index (κ1) is 16.7. The van der Waals surface area contributed by atoms with Crippen LogP contribution in [0.1, 0.15) is 26.7 Å². The minimum Gasteiger partial charge on any atom is -0.450 e. The molecule has 5 nitrogen and oxygen atoms in total. The highest BCUT2D eigenvalue weighted by atomic mass is 16.5. The predicted molar refractivity (Wildman–Crippen MR) is 77.4 cm³/mol. The molecule has 0 aromatic rings. The molecule has 20 heavy (non-hydrogen) atoms. The Balaban J connectivity index is 2.78. The molecule has 0 radical (unpaired) electrons. The smallest absolute Gasteiger partial charge is 0.407 e. The van der Waals surface area contributed by atoms with Gasteiger partial charge in [0.25, 0.3) is 0 Å². The van der Waals surface area contributed by atoms with Gasteiger partial charge in [0, 0.05) is 19.6 Å². The Morgan fingerprint density at radius 3 is 2.95 bits per heavy atom. The highest BCUT2D eigenvalue weighted by Gasteiger charge is 2.21. The van der Waals surface area contributed by atoms with Crippen molar-refractivity contribution in [3.05, 3.63) is 23.8 Å². The standard InChI is InChI=1S/C15H25NO4/c1-11-9-12(2)14(17)13(19-3)7-5-4-6-8-20-15(18)16-10-11/h5,7,9,12-14,17H,4,6,8,10H2,1-3H3,(H,16,18)/b7-5+,11-9-/t12-,13+,14+/m1/s1. The maximum absolute atomic E-state index is 11.4. The van der Waals surface area contributed by atoms with Gasteiger partial charge in [-0.3, -0.25) is 0 Å². The number of alkyl carbamates (subject to hydrolysis) is 1. The fourth-order valence-electron chi connectivity index (χ4n) is 2.10. The van der Waals surface area contributed by atoms with Crippen molar-refractivity contribution >= 4 is 6.09 Å². The Kier molecular flexibility index (Phi) is 7.33. The summed E-state index contributed by atoms with van der Waals surface area (Å²) in [6, 6.07) is 0. The zero-order chi connectivity index (χ0) is 15.0. The van der Waals surface area contributed by atoms with Gasteiger partial charge in [0.05, 0.1) is 12.7 Å². The summed E-state index contributed by atoms with van der Waals surface area (Å²) >= 11 is 0. The Morgan fingerprint density at radius 1 is 1.50 bits per heavy atom. The minimum absolute atomic E-state index is 0.0645. The summed E-state index contributed by atoms with van der Waals surface area (Å²) in [6.45, 7) is 4.64. The lowest BCUT2D eigenvalue weighted by atomic mass is 9.96. The number of hydrogen-bond acceptors (Lipinski definition) is 4. The van der Waals surface area contributed by atoms with E-state index in [0.29, 0.717) is 13.2 Å². The van der Waals surface area contributed by atoms with E-state index in [0.717, 1.165) is 18.4 Å². The molecule has 114 valence electrons. The normalized spacial score (nSPS) is 34.1. The Bertz CT molecular complexity index is 365. The largest absolute Gasteiger partial charge is 0.450 e. The van der Waals surface area contributed by atoms with Crippen molar-refractivity contribution in [3.8, 4) is 0 Å². The molecule has 0 fully saturated rings. The number of allylic oxidation sites excluding steroid dienone is 1. The van der Waals surface area contributed by atoms with Gasteiger partial charge in [-0.1, -0.05) is 30.7 Å². The van der Waals surface area contributed by atoms with E-state index in [9.17, 15) is 9.90 Å². The van der Waals surface area contributed by atoms with Crippen LogP contribution in [0, 0.1) is 5.92 Å². The van der Waals surface area contributed by atoms with Crippen LogP contribution in [0.5, 0.6) is 0 Å². The summed E-state index contributed by atoms with van der Waals surface area (Å²) in [7, 11) is 1.59. The summed E-state index contributed by atoms with van der Waals surface area (Å²) in [5.41, 5.74) is 0.976. The molecule has 1 aliphatic rings. The molecule has 0 unspecified atom stereocenters. The van der Waals surface area contributed by atoms with E-state index in [-0.39, 0.29) is 12.0 Å². The molecule has 0 aliphatic carbocycles. The molecule has 0 aromatic carbocycles. The van der Waals surface area contributed by atoms with Gasteiger partial charge >= 0.3 is 6.09 Å². The summed E-state index contributed by atoms with van der Waals surface area (Å²) in [6.07, 6.45) is 5.96. The number of ether oxygens (including phenoxy) is 2. The number of carbonyl (C=O) groups is 1. The van der Waals surface area contributed by atoms with Crippen molar-refractivity contribution in [1.29, 1.82) is 0 Å². The van der Waals surface area contributed by atoms with Crippen LogP contribution in [-0.2, 0) is 9.47 Å². The van der Waals surface area contributed by atoms with Crippen molar-refractivity contribution in [2.45, 2.75) is 38.9 Å². The molecule has 1 heterocycles. The third-order valence-electron chi connectivity index (χ3n) is 3.28. The van der Waals surface area contributed by atoms with Crippen LogP contribution in [0.15, 0.2) is 23.8 Å². The first-order valence-electron chi connectivity index (χ1n) is 7.00. The van der Waals surface area contributed by atoms with Gasteiger partial charge in [0.15, 0.2) is 0 Å². The molecule has 2 N–H and O–H groups in total. The molecule has 0 aromatic heterocycles. The van der Waals surface area contributed by atoms with E-state index >= 15 is 0 Å². The zero-order valence-corrected chi connectivity index (χ0v) is 12.5. The summed E-state index contributed by atoms with van der Waals surface area (Å²) in [4.78, 5) is 11.4. The fraction of sp³-hybridized carbons (Fsp3) is 0.667. The number of rotatable bonds is 1. The number of cyclic esters (lactones) is 1. The number of aliphatic hydroxyl groups excluding tert-OH is 1. The zero-order valence-electron chi connectivity index (χ0n) is 12.5. The third kappa shape index (κ3) is 5.75. The van der Waals surface area contributed by atoms with Gasteiger partial charge < -0.3 is 19.9 Å². The lowest BCUT2D eigenvalue weighted by Crippen LogP contribution is -2.32. The van der Waals surface area contributed by atoms with Crippen molar-refractivity contribution < 1.29 is 19.4 Å². The van der Waals surface area contributed by atoms with E-state index in [1.54, 1.807) is 7.11 Å². The number of methoxy groups -OCH3 is 1. The van der Waals surface area contributed by atoms with Crippen LogP contribution in [0.2, 0.25) is 0 Å². The van der Waals surface area contributed by atoms with Crippen LogP contribution >= 0.6 is 0 Å². The van der Waals surface area contributed by atoms with Gasteiger partial charge in [-0.25, -0.2) is 4.79 Å². The molecular formula is C15H25NO4. The van der Waals surface area contributed by atoms with Gasteiger partial charge in [0.1, 0.15) is 6.10 Å². The third-order valence-corrected chi connectivity index (χ3v) is 3.28. The molecule has 0 bridgehead atoms. The van der Waals surface area contributed by atoms with Crippen molar-refractivity contribution in [3.63, 3.8) is 0 Å². The van der Waals surface area contributed by atoms with Crippen LogP contribution in [0.3, 0.4) is 0 Å². The highest BCUT2D eigenvalue weighted by Crippen LogP contribution is 2.15. The van der Waals surface area contributed by atoms with E-state index in [2.05, 4.69) is 5.32 Å². The second kappa shape index (κ2) is 8.76. The molecule has 1 aliphatic heterocycles. The Morgan fingerprint density at radius 2 is 2.25 bits per heavy atom. The molecule has 0 saturated carbocycles. The van der Waals surface area contributed by atoms with E-state index in [4.69, 9.17) is 9.47 Å². The maximum atomic E-state index is 11.4. The van der Waals surface area contributed by atoms with E-state index in [1.165, 1.54) is 0 Å². The number of nitrogens with one attached hydrogen (secondary N) is 1. The lowest BCUT2D eigenvalue weighted by Gasteiger charge is -2.23. The summed E-state index contributed by atoms with van der Waals surface area (Å²) < 4.78 is 10.4. The maximum Gasteiger partial charge on any atom is 0.407 e. The van der Waals surface area contributed by atoms with E-state index in [1.807, 2.05) is 32.1 Å². The SMILES string of the molecule is CO[C@H]1/C=C/CCCOC(=O)NC/C(C)=C\[C@@H](C)[C@@H]1O. The quantitative estimate of drug-likeness (QED) is 0.722. The molecular weight excluding hydrogens is 258 g/mol. The van der Waals surface area contributed by atoms with Gasteiger partial charge in [-0.15, -0.1) is 0 Å². The van der Waals surface area contributed by atoms with Crippen molar-refractivity contribution in [1.82, 2.24) is 5.32 Å². The number of carbonyl (C=O) groups excluding carboxylic acids is 1. The topological polar surface area (TPSA) is 67.8 Å². The van der Waals surface area contributed by atoms with Gasteiger partial charge in [0.2, 0.25) is 0 Å². The number of amides is 1. The first-order chi connectivity index (χ1) is 9.54. The molecule has 5 heteroatoms. The second-order valence-electron chi connectivity index (χ2n) is 5.12. The number of aliphatic hydroxyl groups is 1. The fourth-order valence-corrected chi connectivity index (χ4v) is 2.10. The highest BCUT2D eigenvalue weighted by molar-refractivity contribution is 5.67. The molecule has 1 amide bonds. The van der Waals surface area contributed by atoms with Crippen LogP contribution in [-0.4, -0.2) is 43.7 Å². The molecule has 0 spiro atoms. The minimum atomic E-state index is -0.610.